The number of rotatable bonds is 57. The van der Waals surface area contributed by atoms with E-state index in [-0.39, 0.29) is 37.5 Å². The molecule has 0 bridgehead atoms. The summed E-state index contributed by atoms with van der Waals surface area (Å²) in [5.41, 5.74) is 0. The molecule has 0 saturated carbocycles. The number of esters is 3. The van der Waals surface area contributed by atoms with Crippen LogP contribution in [0.25, 0.3) is 0 Å². The number of carbonyl (C=O) groups excluding carboxylic acids is 3. The van der Waals surface area contributed by atoms with E-state index in [9.17, 15) is 14.4 Å². The largest absolute Gasteiger partial charge is 0.462 e. The number of hydrogen-bond acceptors (Lipinski definition) is 6. The van der Waals surface area contributed by atoms with Gasteiger partial charge in [-0.1, -0.05) is 262 Å². The molecule has 0 aromatic carbocycles. The molecule has 0 aliphatic carbocycles. The SMILES string of the molecule is CC/C=C\C/C=C\C/C=C\C/C=C\C/C=C\C/C=C\CCCCCCCCCCCCC(=O)OCC(COC(=O)CCCCCCC/C=C\CCCCC)OC(=O)CCCC/C=C\C/C=C\C/C=C\C/C=C\C/C=C\C/C=C\CC. The minimum absolute atomic E-state index is 0.106. The summed E-state index contributed by atoms with van der Waals surface area (Å²) in [5, 5.41) is 0. The fourth-order valence-electron chi connectivity index (χ4n) is 8.44. The molecule has 0 aliphatic rings. The van der Waals surface area contributed by atoms with Gasteiger partial charge in [0.15, 0.2) is 6.10 Å². The second kappa shape index (κ2) is 66.5. The molecule has 80 heavy (non-hydrogen) atoms. The first-order valence-corrected chi connectivity index (χ1v) is 32.5. The summed E-state index contributed by atoms with van der Waals surface area (Å²) >= 11 is 0. The molecule has 0 aromatic heterocycles. The first-order valence-electron chi connectivity index (χ1n) is 32.5. The smallest absolute Gasteiger partial charge is 0.306 e. The molecule has 0 aliphatic heterocycles. The number of carbonyl (C=O) groups is 3. The van der Waals surface area contributed by atoms with Gasteiger partial charge in [0.2, 0.25) is 0 Å². The highest BCUT2D eigenvalue weighted by Crippen LogP contribution is 2.15. The van der Waals surface area contributed by atoms with E-state index in [0.29, 0.717) is 19.3 Å². The van der Waals surface area contributed by atoms with Crippen LogP contribution < -0.4 is 0 Å². The Morgan fingerprint density at radius 2 is 0.487 bits per heavy atom. The van der Waals surface area contributed by atoms with Gasteiger partial charge in [0.25, 0.3) is 0 Å². The maximum Gasteiger partial charge on any atom is 0.306 e. The van der Waals surface area contributed by atoms with E-state index in [4.69, 9.17) is 14.2 Å². The third-order valence-corrected chi connectivity index (χ3v) is 13.2. The molecule has 0 N–H and O–H groups in total. The number of unbranched alkanes of at least 4 members (excludes halogenated alkanes) is 20. The van der Waals surface area contributed by atoms with Crippen LogP contribution in [0.15, 0.2) is 158 Å². The molecule has 6 nitrogen and oxygen atoms in total. The summed E-state index contributed by atoms with van der Waals surface area (Å²) in [7, 11) is 0. The Morgan fingerprint density at radius 3 is 0.800 bits per heavy atom. The van der Waals surface area contributed by atoms with Gasteiger partial charge in [-0.25, -0.2) is 0 Å². The topological polar surface area (TPSA) is 78.9 Å². The van der Waals surface area contributed by atoms with Crippen molar-refractivity contribution in [3.63, 3.8) is 0 Å². The molecule has 1 unspecified atom stereocenters. The van der Waals surface area contributed by atoms with Crippen LogP contribution in [0.5, 0.6) is 0 Å². The Bertz CT molecular complexity index is 1790. The molecule has 6 heteroatoms. The fourth-order valence-corrected chi connectivity index (χ4v) is 8.44. The predicted molar refractivity (Wildman–Crippen MR) is 348 cm³/mol. The highest BCUT2D eigenvalue weighted by Gasteiger charge is 2.19. The lowest BCUT2D eigenvalue weighted by atomic mass is 10.1. The van der Waals surface area contributed by atoms with Crippen molar-refractivity contribution >= 4 is 17.9 Å². The van der Waals surface area contributed by atoms with E-state index in [0.717, 1.165) is 148 Å². The van der Waals surface area contributed by atoms with Crippen LogP contribution in [0, 0.1) is 0 Å². The lowest BCUT2D eigenvalue weighted by Gasteiger charge is -2.18. The molecule has 0 rings (SSSR count). The third kappa shape index (κ3) is 63.9. The van der Waals surface area contributed by atoms with Crippen LogP contribution >= 0.6 is 0 Å². The van der Waals surface area contributed by atoms with Crippen molar-refractivity contribution < 1.29 is 28.6 Å². The number of allylic oxidation sites excluding steroid dienone is 26. The van der Waals surface area contributed by atoms with Crippen LogP contribution in [0.4, 0.5) is 0 Å². The summed E-state index contributed by atoms with van der Waals surface area (Å²) in [5.74, 6) is -0.966. The molecule has 0 saturated heterocycles. The zero-order valence-corrected chi connectivity index (χ0v) is 51.5. The van der Waals surface area contributed by atoms with Crippen molar-refractivity contribution in [3.05, 3.63) is 158 Å². The fraction of sp³-hybridized carbons (Fsp3) is 0.608. The first-order chi connectivity index (χ1) is 39.5. The van der Waals surface area contributed by atoms with Gasteiger partial charge >= 0.3 is 17.9 Å². The molecular weight excluding hydrogens is 985 g/mol. The van der Waals surface area contributed by atoms with Crippen molar-refractivity contribution in [1.82, 2.24) is 0 Å². The Labute approximate surface area is 492 Å². The molecule has 1 atom stereocenters. The van der Waals surface area contributed by atoms with E-state index >= 15 is 0 Å². The number of ether oxygens (including phenoxy) is 3. The quantitative estimate of drug-likeness (QED) is 0.0261. The Balaban J connectivity index is 4.39. The molecule has 0 aromatic rings. The van der Waals surface area contributed by atoms with E-state index in [1.54, 1.807) is 0 Å². The molecule has 0 heterocycles. The Kier molecular flexibility index (Phi) is 62.4. The first kappa shape index (κ1) is 75.0. The highest BCUT2D eigenvalue weighted by atomic mass is 16.6. The zero-order chi connectivity index (χ0) is 57.8. The Hall–Kier alpha value is -4.97. The molecule has 0 spiro atoms. The summed E-state index contributed by atoms with van der Waals surface area (Å²) < 4.78 is 16.9. The number of hydrogen-bond donors (Lipinski definition) is 0. The van der Waals surface area contributed by atoms with Gasteiger partial charge in [0, 0.05) is 19.3 Å². The maximum absolute atomic E-state index is 12.9. The van der Waals surface area contributed by atoms with E-state index < -0.39 is 6.10 Å². The lowest BCUT2D eigenvalue weighted by molar-refractivity contribution is -0.167. The van der Waals surface area contributed by atoms with Crippen molar-refractivity contribution in [1.29, 1.82) is 0 Å². The normalized spacial score (nSPS) is 13.2. The molecule has 0 radical (unpaired) electrons. The van der Waals surface area contributed by atoms with Gasteiger partial charge in [0.05, 0.1) is 0 Å². The maximum atomic E-state index is 12.9. The van der Waals surface area contributed by atoms with E-state index in [1.165, 1.54) is 77.0 Å². The lowest BCUT2D eigenvalue weighted by Crippen LogP contribution is -2.30. The zero-order valence-electron chi connectivity index (χ0n) is 51.5. The monoisotopic (exact) mass is 1100 g/mol. The average Bonchev–Trinajstić information content (AvgIpc) is 3.46. The van der Waals surface area contributed by atoms with Crippen LogP contribution in [0.1, 0.15) is 271 Å². The van der Waals surface area contributed by atoms with Crippen molar-refractivity contribution in [2.45, 2.75) is 277 Å². The van der Waals surface area contributed by atoms with Gasteiger partial charge in [-0.15, -0.1) is 0 Å². The van der Waals surface area contributed by atoms with Crippen molar-refractivity contribution in [3.8, 4) is 0 Å². The minimum atomic E-state index is -0.814. The van der Waals surface area contributed by atoms with Gasteiger partial charge < -0.3 is 14.2 Å². The van der Waals surface area contributed by atoms with Crippen LogP contribution in [0.3, 0.4) is 0 Å². The molecule has 0 amide bonds. The molecule has 0 fully saturated rings. The molecular formula is C74H118O6. The van der Waals surface area contributed by atoms with Crippen molar-refractivity contribution in [2.24, 2.45) is 0 Å². The van der Waals surface area contributed by atoms with Gasteiger partial charge in [-0.05, 0) is 148 Å². The van der Waals surface area contributed by atoms with Crippen LogP contribution in [-0.2, 0) is 28.6 Å². The standard InChI is InChI=1S/C74H118O6/c1-4-7-10-13-16-19-22-25-27-29-31-33-34-35-36-37-38-39-40-42-43-45-47-49-52-55-58-61-64-67-73(76)79-70-71(69-78-72(75)66-63-60-57-54-51-24-21-18-15-12-9-6-3)80-74(77)68-65-62-59-56-53-50-48-46-44-41-32-30-28-26-23-20-17-14-11-8-5-2/h7-8,10-11,16-21,25-28,31-33,35-36,38-39,41,46,48,53,56,71H,4-6,9,12-15,22-24,29-30,34,37,40,42-45,47,49-52,54-55,57-70H2,1-3H3/b10-7-,11-8-,19-16-,20-17-,21-18-,27-25-,28-26-,33-31-,36-35-,39-38-,41-32-,48-46-,56-53-. The predicted octanol–water partition coefficient (Wildman–Crippen LogP) is 22.5. The minimum Gasteiger partial charge on any atom is -0.462 e. The average molecular weight is 1100 g/mol. The van der Waals surface area contributed by atoms with Gasteiger partial charge in [0.1, 0.15) is 13.2 Å². The summed E-state index contributed by atoms with van der Waals surface area (Å²) in [6, 6.07) is 0. The van der Waals surface area contributed by atoms with Gasteiger partial charge in [-0.2, -0.15) is 0 Å². The summed E-state index contributed by atoms with van der Waals surface area (Å²) in [6.45, 7) is 6.34. The summed E-state index contributed by atoms with van der Waals surface area (Å²) in [4.78, 5) is 38.3. The summed E-state index contributed by atoms with van der Waals surface area (Å²) in [6.07, 6.45) is 96.8. The third-order valence-electron chi connectivity index (χ3n) is 13.2. The van der Waals surface area contributed by atoms with Crippen molar-refractivity contribution in [2.75, 3.05) is 13.2 Å². The van der Waals surface area contributed by atoms with Crippen LogP contribution in [0.2, 0.25) is 0 Å². The van der Waals surface area contributed by atoms with E-state index in [1.807, 2.05) is 0 Å². The van der Waals surface area contributed by atoms with E-state index in [2.05, 4.69) is 179 Å². The second-order valence-electron chi connectivity index (χ2n) is 20.9. The van der Waals surface area contributed by atoms with Gasteiger partial charge in [-0.3, -0.25) is 14.4 Å². The Morgan fingerprint density at radius 1 is 0.263 bits per heavy atom. The second-order valence-corrected chi connectivity index (χ2v) is 20.9. The molecule has 450 valence electrons. The van der Waals surface area contributed by atoms with Crippen LogP contribution in [-0.4, -0.2) is 37.2 Å². The highest BCUT2D eigenvalue weighted by molar-refractivity contribution is 5.71.